The van der Waals surface area contributed by atoms with Gasteiger partial charge in [-0.1, -0.05) is 35.5 Å². The molecule has 0 saturated heterocycles. The molecule has 0 spiro atoms. The number of aromatic amines is 1. The summed E-state index contributed by atoms with van der Waals surface area (Å²) in [4.78, 5) is 46.5. The largest absolute Gasteiger partial charge is 0.478 e. The van der Waals surface area contributed by atoms with Crippen LogP contribution in [0.3, 0.4) is 0 Å². The van der Waals surface area contributed by atoms with Crippen LogP contribution in [0.2, 0.25) is 0 Å². The van der Waals surface area contributed by atoms with Crippen molar-refractivity contribution in [3.63, 3.8) is 0 Å². The monoisotopic (exact) mass is 883 g/mol. The Morgan fingerprint density at radius 2 is 1.46 bits per heavy atom. The molecule has 1 aromatic carbocycles. The second kappa shape index (κ2) is 22.1. The summed E-state index contributed by atoms with van der Waals surface area (Å²) in [6.45, 7) is 5.16. The molecule has 4 heterocycles. The van der Waals surface area contributed by atoms with Gasteiger partial charge in [0.2, 0.25) is 0 Å². The van der Waals surface area contributed by atoms with Gasteiger partial charge < -0.3 is 10.0 Å². The fourth-order valence-corrected chi connectivity index (χ4v) is 7.56. The zero-order chi connectivity index (χ0) is 45.2. The Bertz CT molecular complexity index is 3350. The molecule has 14 nitrogen and oxygen atoms in total. The highest BCUT2D eigenvalue weighted by molar-refractivity contribution is 8.41. The van der Waals surface area contributed by atoms with Crippen molar-refractivity contribution < 1.29 is 32.5 Å². The molecule has 0 bridgehead atoms. The number of carboxylic acid groups (broad SMARTS) is 1. The zero-order valence-corrected chi connectivity index (χ0v) is 35.4. The van der Waals surface area contributed by atoms with E-state index in [9.17, 15) is 27.9 Å². The maximum atomic E-state index is 13.7. The topological polar surface area (TPSA) is 191 Å². The number of allylic oxidation sites excluding steroid dienone is 3. The molecule has 0 aliphatic carbocycles. The molecule has 3 aromatic rings. The number of hydrogen-bond donors (Lipinski definition) is 3. The first-order chi connectivity index (χ1) is 30.4. The van der Waals surface area contributed by atoms with E-state index in [1.165, 1.54) is 34.9 Å². The van der Waals surface area contributed by atoms with Crippen LogP contribution >= 0.6 is 23.5 Å². The Morgan fingerprint density at radius 1 is 0.889 bits per heavy atom. The number of aromatic nitrogens is 4. The molecule has 1 atom stereocenters. The first-order valence-electron chi connectivity index (χ1n) is 17.7. The number of nitrogens with one attached hydrogen (secondary N) is 1. The number of rotatable bonds is 8. The number of carboxylic acids is 1. The number of H-pyrrole nitrogens is 1. The van der Waals surface area contributed by atoms with E-state index < -0.39 is 39.7 Å². The van der Waals surface area contributed by atoms with Crippen LogP contribution in [-0.4, -0.2) is 77.2 Å². The Labute approximate surface area is 371 Å². The summed E-state index contributed by atoms with van der Waals surface area (Å²) in [6.07, 6.45) is 6.50. The third-order valence-electron chi connectivity index (χ3n) is 7.75. The second-order valence-corrected chi connectivity index (χ2v) is 15.8. The van der Waals surface area contributed by atoms with E-state index in [0.29, 0.717) is 31.1 Å². The van der Waals surface area contributed by atoms with Crippen molar-refractivity contribution in [2.24, 2.45) is 4.99 Å². The number of anilines is 1. The molecule has 0 radical (unpaired) electrons. The number of aryl methyl sites for hydroxylation is 1. The third kappa shape index (κ3) is 13.2. The highest BCUT2D eigenvalue weighted by atomic mass is 32.2. The van der Waals surface area contributed by atoms with Crippen molar-refractivity contribution in [3.8, 4) is 118 Å². The van der Waals surface area contributed by atoms with E-state index in [2.05, 4.69) is 139 Å². The van der Waals surface area contributed by atoms with Gasteiger partial charge in [0.05, 0.1) is 27.2 Å². The lowest BCUT2D eigenvalue weighted by Crippen LogP contribution is -2.34. The average molecular weight is 884 g/mol. The molecule has 2 amide bonds. The Balaban J connectivity index is 1.30. The van der Waals surface area contributed by atoms with Gasteiger partial charge in [-0.3, -0.25) is 24.1 Å². The summed E-state index contributed by atoms with van der Waals surface area (Å²) in [5.41, 5.74) is 1.76. The zero-order valence-electron chi connectivity index (χ0n) is 33.0. The molecule has 5 rings (SSSR count). The predicted octanol–water partition coefficient (Wildman–Crippen LogP) is 3.42. The minimum Gasteiger partial charge on any atom is -0.478 e. The summed E-state index contributed by atoms with van der Waals surface area (Å²) in [5, 5.41) is 21.6. The van der Waals surface area contributed by atoms with E-state index in [1.807, 2.05) is 0 Å². The summed E-state index contributed by atoms with van der Waals surface area (Å²) >= 11 is 2.35. The summed E-state index contributed by atoms with van der Waals surface area (Å²) in [5.74, 6) is 47.5. The minimum atomic E-state index is -4.14. The van der Waals surface area contributed by atoms with E-state index in [0.717, 1.165) is 11.8 Å². The van der Waals surface area contributed by atoms with Gasteiger partial charge >= 0.3 is 11.9 Å². The van der Waals surface area contributed by atoms with Crippen molar-refractivity contribution in [3.05, 3.63) is 76.4 Å². The lowest BCUT2D eigenvalue weighted by molar-refractivity contribution is -0.114. The SMILES string of the molecule is CC#CC#CC#CC#CC#CC#CC#CC#CC#CC#CC(=O)N(c1cccc(C(=O)O)c1)C(C)c1nnc2c(SC3=NC(=O)C(=C4C=CN(CCS(=O)(=O)O)C=C4)S3)c(C)[nH]n12. The van der Waals surface area contributed by atoms with Crippen molar-refractivity contribution >= 4 is 67.1 Å². The highest BCUT2D eigenvalue weighted by Crippen LogP contribution is 2.41. The Kier molecular flexibility index (Phi) is 16.0. The maximum absolute atomic E-state index is 13.7. The summed E-state index contributed by atoms with van der Waals surface area (Å²) in [6, 6.07) is 4.91. The van der Waals surface area contributed by atoms with Crippen LogP contribution in [-0.2, 0) is 19.7 Å². The molecule has 304 valence electrons. The molecule has 63 heavy (non-hydrogen) atoms. The van der Waals surface area contributed by atoms with E-state index in [-0.39, 0.29) is 23.6 Å². The fourth-order valence-electron chi connectivity index (χ4n) is 5.04. The van der Waals surface area contributed by atoms with Gasteiger partial charge in [0.25, 0.3) is 16.0 Å². The maximum Gasteiger partial charge on any atom is 0.335 e. The number of aromatic carboxylic acids is 1. The number of amides is 2. The van der Waals surface area contributed by atoms with Crippen LogP contribution in [0.1, 0.15) is 41.8 Å². The van der Waals surface area contributed by atoms with Gasteiger partial charge in [0, 0.05) is 48.1 Å². The number of nitrogens with zero attached hydrogens (tertiary/aromatic N) is 6. The first-order valence-corrected chi connectivity index (χ1v) is 20.9. The minimum absolute atomic E-state index is 0.0314. The summed E-state index contributed by atoms with van der Waals surface area (Å²) < 4.78 is 33.3. The standard InChI is InChI=1S/C46H25N7O7S3/c1-4-5-6-7-8-9-10-11-12-13-14-15-16-17-18-19-20-21-22-26-39(54)52(38-25-23-24-37(33-38)45(56)57)35(3)42-48-49-43-40(34(2)50-53(42)43)61-46-47-44(55)41(62-46)36-27-29-51(30-28-36)31-32-63(58,59)60/h23-25,27-30,33,35,50H,31-32H2,1-3H3,(H,56,57)(H,58,59,60). The lowest BCUT2D eigenvalue weighted by atomic mass is 10.1. The smallest absolute Gasteiger partial charge is 0.335 e. The molecule has 0 fully saturated rings. The number of thioether (sulfide) groups is 2. The predicted molar refractivity (Wildman–Crippen MR) is 239 cm³/mol. The van der Waals surface area contributed by atoms with Crippen molar-refractivity contribution in [2.75, 3.05) is 17.2 Å². The van der Waals surface area contributed by atoms with Crippen molar-refractivity contribution in [2.45, 2.75) is 31.7 Å². The molecular weight excluding hydrogens is 859 g/mol. The van der Waals surface area contributed by atoms with Crippen LogP contribution in [0, 0.1) is 125 Å². The first kappa shape index (κ1) is 45.5. The summed E-state index contributed by atoms with van der Waals surface area (Å²) in [7, 11) is -4.14. The molecule has 2 aliphatic heterocycles. The average Bonchev–Trinajstić information content (AvgIpc) is 3.93. The van der Waals surface area contributed by atoms with E-state index in [4.69, 9.17) is 4.55 Å². The number of carbonyl (C=O) groups is 3. The molecule has 17 heteroatoms. The van der Waals surface area contributed by atoms with Crippen molar-refractivity contribution in [1.82, 2.24) is 24.7 Å². The van der Waals surface area contributed by atoms with Gasteiger partial charge in [-0.25, -0.2) is 9.31 Å². The van der Waals surface area contributed by atoms with Crippen LogP contribution in [0.4, 0.5) is 5.69 Å². The van der Waals surface area contributed by atoms with Crippen LogP contribution in [0.15, 0.2) is 69.2 Å². The quantitative estimate of drug-likeness (QED) is 0.170. The van der Waals surface area contributed by atoms with Gasteiger partial charge in [-0.05, 0) is 151 Å². The van der Waals surface area contributed by atoms with Gasteiger partial charge in [0.1, 0.15) is 4.38 Å². The number of benzene rings is 1. The Hall–Kier alpha value is -8.59. The van der Waals surface area contributed by atoms with Gasteiger partial charge in [-0.15, -0.1) is 10.2 Å². The molecule has 0 saturated carbocycles. The molecule has 2 aromatic heterocycles. The second-order valence-electron chi connectivity index (χ2n) is 11.9. The number of aliphatic imine (C=N–C) groups is 1. The van der Waals surface area contributed by atoms with Crippen LogP contribution in [0.25, 0.3) is 5.65 Å². The van der Waals surface area contributed by atoms with Gasteiger partial charge in [-0.2, -0.15) is 13.4 Å². The van der Waals surface area contributed by atoms with Gasteiger partial charge in [0.15, 0.2) is 11.5 Å². The van der Waals surface area contributed by atoms with E-state index in [1.54, 1.807) is 60.8 Å². The van der Waals surface area contributed by atoms with Crippen molar-refractivity contribution in [1.29, 1.82) is 0 Å². The molecule has 1 unspecified atom stereocenters. The fraction of sp³-hybridized carbons (Fsp3) is 0.130. The molecular formula is C46H25N7O7S3. The third-order valence-corrected chi connectivity index (χ3v) is 10.8. The normalized spacial score (nSPS) is 12.1. The molecule has 3 N–H and O–H groups in total. The van der Waals surface area contributed by atoms with Crippen LogP contribution < -0.4 is 4.90 Å². The number of fused-ring (bicyclic) bond motifs is 1. The Morgan fingerprint density at radius 3 is 2.02 bits per heavy atom. The highest BCUT2D eigenvalue weighted by Gasteiger charge is 2.31. The number of carbonyl (C=O) groups excluding carboxylic acids is 2. The van der Waals surface area contributed by atoms with Crippen LogP contribution in [0.5, 0.6) is 0 Å². The number of hydrogen-bond acceptors (Lipinski definition) is 10. The van der Waals surface area contributed by atoms with E-state index >= 15 is 0 Å². The molecule has 2 aliphatic rings. The lowest BCUT2D eigenvalue weighted by Gasteiger charge is -2.26.